The number of urea groups is 1. The van der Waals surface area contributed by atoms with E-state index in [1.54, 1.807) is 18.3 Å². The molecule has 0 spiro atoms. The van der Waals surface area contributed by atoms with Crippen LogP contribution in [0.4, 0.5) is 9.18 Å². The molecule has 4 rings (SSSR count). The van der Waals surface area contributed by atoms with Crippen LogP contribution < -0.4 is 21.3 Å². The Hall–Kier alpha value is -3.00. The van der Waals surface area contributed by atoms with E-state index in [1.807, 2.05) is 12.1 Å². The van der Waals surface area contributed by atoms with Gasteiger partial charge >= 0.3 is 6.03 Å². The maximum Gasteiger partial charge on any atom is 0.316 e. The topological polar surface area (TPSA) is 95.2 Å². The molecule has 4 N–H and O–H groups in total. The van der Waals surface area contributed by atoms with Crippen LogP contribution in [0.3, 0.4) is 0 Å². The van der Waals surface area contributed by atoms with Crippen LogP contribution in [0.2, 0.25) is 0 Å². The van der Waals surface area contributed by atoms with Crippen molar-refractivity contribution >= 4 is 11.9 Å². The molecule has 2 aromatic rings. The number of fused-ring (bicyclic) bond motifs is 1. The van der Waals surface area contributed by atoms with Crippen LogP contribution >= 0.6 is 0 Å². The Morgan fingerprint density at radius 1 is 1.23 bits per heavy atom. The Kier molecular flexibility index (Phi) is 5.66. The van der Waals surface area contributed by atoms with Crippen molar-refractivity contribution in [3.8, 4) is 0 Å². The molecule has 2 saturated heterocycles. The first-order valence-corrected chi connectivity index (χ1v) is 10.6. The Balaban J connectivity index is 1.41. The highest BCUT2D eigenvalue weighted by molar-refractivity contribution is 5.93. The van der Waals surface area contributed by atoms with Crippen molar-refractivity contribution in [2.75, 3.05) is 6.54 Å². The number of carbonyl (C=O) groups is 2. The summed E-state index contributed by atoms with van der Waals surface area (Å²) >= 11 is 0. The first-order chi connectivity index (χ1) is 14.7. The van der Waals surface area contributed by atoms with Gasteiger partial charge in [0, 0.05) is 35.3 Å². The molecule has 0 aliphatic carbocycles. The maximum atomic E-state index is 14.8. The Labute approximate surface area is 181 Å². The molecule has 0 radical (unpaired) electrons. The van der Waals surface area contributed by atoms with Crippen molar-refractivity contribution in [1.29, 1.82) is 0 Å². The van der Waals surface area contributed by atoms with Crippen molar-refractivity contribution in [1.82, 2.24) is 26.3 Å². The number of piperidine rings is 1. The van der Waals surface area contributed by atoms with Gasteiger partial charge < -0.3 is 16.0 Å². The average Bonchev–Trinajstić information content (AvgIpc) is 3.12. The zero-order valence-corrected chi connectivity index (χ0v) is 18.0. The summed E-state index contributed by atoms with van der Waals surface area (Å²) in [7, 11) is 0. The minimum Gasteiger partial charge on any atom is -0.348 e. The molecule has 1 aromatic heterocycles. The van der Waals surface area contributed by atoms with E-state index in [0.717, 1.165) is 24.2 Å². The van der Waals surface area contributed by atoms with Gasteiger partial charge in [0.05, 0.1) is 11.6 Å². The van der Waals surface area contributed by atoms with Crippen LogP contribution in [0.15, 0.2) is 36.5 Å². The fraction of sp³-hybridized carbons (Fsp3) is 0.435. The highest BCUT2D eigenvalue weighted by Gasteiger charge is 2.40. The molecule has 3 atom stereocenters. The summed E-state index contributed by atoms with van der Waals surface area (Å²) in [6.45, 7) is 7.01. The molecular weight excluding hydrogens is 397 g/mol. The van der Waals surface area contributed by atoms with E-state index in [0.29, 0.717) is 11.1 Å². The molecule has 3 amide bonds. The number of benzene rings is 1. The van der Waals surface area contributed by atoms with Crippen LogP contribution in [-0.4, -0.2) is 35.7 Å². The summed E-state index contributed by atoms with van der Waals surface area (Å²) in [5.74, 6) is -0.639. The van der Waals surface area contributed by atoms with Gasteiger partial charge in [0.1, 0.15) is 12.0 Å². The number of carbonyl (C=O) groups excluding carboxylic acids is 2. The lowest BCUT2D eigenvalue weighted by molar-refractivity contribution is 0.0950. The lowest BCUT2D eigenvalue weighted by Gasteiger charge is -2.33. The van der Waals surface area contributed by atoms with Gasteiger partial charge in [0.15, 0.2) is 0 Å². The van der Waals surface area contributed by atoms with Crippen molar-refractivity contribution in [3.63, 3.8) is 0 Å². The van der Waals surface area contributed by atoms with Crippen LogP contribution in [-0.2, 0) is 12.0 Å². The van der Waals surface area contributed by atoms with Gasteiger partial charge in [0.25, 0.3) is 5.91 Å². The third kappa shape index (κ3) is 4.54. The molecule has 2 aliphatic heterocycles. The van der Waals surface area contributed by atoms with Crippen LogP contribution in [0.1, 0.15) is 60.3 Å². The Bertz CT molecular complexity index is 986. The Morgan fingerprint density at radius 2 is 2.03 bits per heavy atom. The molecule has 8 heteroatoms. The molecule has 31 heavy (non-hydrogen) atoms. The second-order valence-electron chi connectivity index (χ2n) is 9.19. The second-order valence-corrected chi connectivity index (χ2v) is 9.19. The van der Waals surface area contributed by atoms with Crippen molar-refractivity contribution in [2.45, 2.75) is 57.3 Å². The van der Waals surface area contributed by atoms with Gasteiger partial charge in [-0.3, -0.25) is 15.1 Å². The van der Waals surface area contributed by atoms with E-state index in [2.05, 4.69) is 47.0 Å². The molecule has 7 nitrogen and oxygen atoms in total. The maximum absolute atomic E-state index is 14.8. The number of rotatable bonds is 4. The van der Waals surface area contributed by atoms with E-state index in [1.165, 1.54) is 6.07 Å². The molecule has 2 aliphatic rings. The molecule has 3 heterocycles. The van der Waals surface area contributed by atoms with Crippen molar-refractivity contribution in [2.24, 2.45) is 0 Å². The number of nitrogens with zero attached hydrogens (tertiary/aromatic N) is 1. The zero-order valence-electron chi connectivity index (χ0n) is 18.0. The number of halogens is 1. The van der Waals surface area contributed by atoms with E-state index < -0.39 is 0 Å². The smallest absolute Gasteiger partial charge is 0.316 e. The highest BCUT2D eigenvalue weighted by Crippen LogP contribution is 2.30. The van der Waals surface area contributed by atoms with E-state index in [9.17, 15) is 14.0 Å². The zero-order chi connectivity index (χ0) is 22.2. The van der Waals surface area contributed by atoms with E-state index >= 15 is 0 Å². The van der Waals surface area contributed by atoms with Crippen molar-refractivity contribution in [3.05, 3.63) is 64.7 Å². The first-order valence-electron chi connectivity index (χ1n) is 10.6. The Morgan fingerprint density at radius 3 is 2.71 bits per heavy atom. The number of nitrogens with one attached hydrogen (secondary N) is 4. The predicted molar refractivity (Wildman–Crippen MR) is 115 cm³/mol. The van der Waals surface area contributed by atoms with Gasteiger partial charge in [-0.15, -0.1) is 0 Å². The molecule has 2 fully saturated rings. The highest BCUT2D eigenvalue weighted by atomic mass is 19.1. The normalized spacial score (nSPS) is 23.0. The fourth-order valence-corrected chi connectivity index (χ4v) is 4.15. The van der Waals surface area contributed by atoms with Crippen LogP contribution in [0.25, 0.3) is 0 Å². The average molecular weight is 426 g/mol. The lowest BCUT2D eigenvalue weighted by atomic mass is 9.84. The molecule has 164 valence electrons. The summed E-state index contributed by atoms with van der Waals surface area (Å²) in [6.07, 6.45) is 2.20. The molecule has 0 bridgehead atoms. The minimum absolute atomic E-state index is 0.0238. The third-order valence-electron chi connectivity index (χ3n) is 5.94. The quantitative estimate of drug-likeness (QED) is 0.606. The summed E-state index contributed by atoms with van der Waals surface area (Å²) < 4.78 is 14.8. The van der Waals surface area contributed by atoms with Crippen LogP contribution in [0.5, 0.6) is 0 Å². The molecule has 3 unspecified atom stereocenters. The van der Waals surface area contributed by atoms with Crippen LogP contribution in [0, 0.1) is 5.82 Å². The standard InChI is InChI=1S/C23H28FN5O2/c1-23(2,3)18-7-6-15(12-26-18)21(30)27-11-14-5-4-13(10-17(14)24)16-8-9-25-20-19(16)28-22(31)29-20/h4-7,10,12,16,19-20,25H,8-9,11H2,1-3H3,(H,27,30)(H2,28,29,31). The first kappa shape index (κ1) is 21.2. The van der Waals surface area contributed by atoms with Crippen molar-refractivity contribution < 1.29 is 14.0 Å². The monoisotopic (exact) mass is 425 g/mol. The fourth-order valence-electron chi connectivity index (χ4n) is 4.15. The molecule has 0 saturated carbocycles. The summed E-state index contributed by atoms with van der Waals surface area (Å²) in [5, 5.41) is 11.8. The largest absolute Gasteiger partial charge is 0.348 e. The van der Waals surface area contributed by atoms with Gasteiger partial charge in [-0.05, 0) is 36.7 Å². The summed E-state index contributed by atoms with van der Waals surface area (Å²) in [5.41, 5.74) is 2.51. The number of pyridine rings is 1. The summed E-state index contributed by atoms with van der Waals surface area (Å²) in [4.78, 5) is 28.5. The van der Waals surface area contributed by atoms with Gasteiger partial charge in [-0.1, -0.05) is 32.9 Å². The number of hydrogen-bond donors (Lipinski definition) is 4. The van der Waals surface area contributed by atoms with E-state index in [-0.39, 0.29) is 47.8 Å². The van der Waals surface area contributed by atoms with Gasteiger partial charge in [-0.25, -0.2) is 9.18 Å². The second kappa shape index (κ2) is 8.26. The number of amides is 3. The summed E-state index contributed by atoms with van der Waals surface area (Å²) in [6, 6.07) is 8.34. The van der Waals surface area contributed by atoms with Gasteiger partial charge in [0.2, 0.25) is 0 Å². The van der Waals surface area contributed by atoms with E-state index in [4.69, 9.17) is 0 Å². The van der Waals surface area contributed by atoms with Gasteiger partial charge in [-0.2, -0.15) is 0 Å². The third-order valence-corrected chi connectivity index (χ3v) is 5.94. The lowest BCUT2D eigenvalue weighted by Crippen LogP contribution is -2.53. The number of aromatic nitrogens is 1. The molecular formula is C23H28FN5O2. The molecule has 1 aromatic carbocycles. The SMILES string of the molecule is CC(C)(C)c1ccc(C(=O)NCc2ccc(C3CCNC4NC(=O)NC43)cc2F)cn1. The predicted octanol–water partition coefficient (Wildman–Crippen LogP) is 2.53. The minimum atomic E-state index is -0.369. The number of hydrogen-bond acceptors (Lipinski definition) is 4.